The van der Waals surface area contributed by atoms with Crippen molar-refractivity contribution in [2.45, 2.75) is 31.1 Å². The summed E-state index contributed by atoms with van der Waals surface area (Å²) in [5.74, 6) is -0.747. The third-order valence-corrected chi connectivity index (χ3v) is 4.61. The minimum atomic E-state index is -0.774. The fourth-order valence-electron chi connectivity index (χ4n) is 2.66. The van der Waals surface area contributed by atoms with Gasteiger partial charge >= 0.3 is 5.97 Å². The number of carboxylic acids is 1. The molecule has 0 atom stereocenters. The molecule has 1 aliphatic carbocycles. The first-order valence-electron chi connectivity index (χ1n) is 6.33. The molecule has 2 heterocycles. The van der Waals surface area contributed by atoms with Gasteiger partial charge in [-0.3, -0.25) is 9.78 Å². The number of hydrogen-bond acceptors (Lipinski definition) is 4. The van der Waals surface area contributed by atoms with Crippen LogP contribution in [0.3, 0.4) is 0 Å². The van der Waals surface area contributed by atoms with Gasteiger partial charge in [-0.2, -0.15) is 0 Å². The zero-order chi connectivity index (χ0) is 13.3. The largest absolute Gasteiger partial charge is 0.481 e. The highest BCUT2D eigenvalue weighted by Gasteiger charge is 2.44. The standard InChI is InChI=1S/C14H14N2O2S/c17-13(18)14(6-2-3-7-14)11-9-19-12(16-11)10-5-1-4-8-15-10/h1,4-5,8-9H,2-3,6-7H2,(H,17,18). The summed E-state index contributed by atoms with van der Waals surface area (Å²) in [7, 11) is 0. The molecule has 0 aliphatic heterocycles. The van der Waals surface area contributed by atoms with Crippen LogP contribution in [0.15, 0.2) is 29.8 Å². The van der Waals surface area contributed by atoms with Gasteiger partial charge in [0, 0.05) is 11.6 Å². The molecule has 98 valence electrons. The monoisotopic (exact) mass is 274 g/mol. The summed E-state index contributed by atoms with van der Waals surface area (Å²) in [6.07, 6.45) is 5.02. The summed E-state index contributed by atoms with van der Waals surface area (Å²) in [6.45, 7) is 0. The molecule has 0 amide bonds. The fourth-order valence-corrected chi connectivity index (χ4v) is 3.55. The van der Waals surface area contributed by atoms with E-state index in [1.54, 1.807) is 6.20 Å². The predicted molar refractivity (Wildman–Crippen MR) is 73.1 cm³/mol. The quantitative estimate of drug-likeness (QED) is 0.934. The van der Waals surface area contributed by atoms with Crippen LogP contribution in [0.5, 0.6) is 0 Å². The Bertz CT molecular complexity index is 589. The lowest BCUT2D eigenvalue weighted by molar-refractivity contribution is -0.143. The summed E-state index contributed by atoms with van der Waals surface area (Å²) >= 11 is 1.47. The molecular weight excluding hydrogens is 260 g/mol. The van der Waals surface area contributed by atoms with E-state index in [0.29, 0.717) is 18.5 Å². The van der Waals surface area contributed by atoms with Crippen molar-refractivity contribution in [3.63, 3.8) is 0 Å². The maximum Gasteiger partial charge on any atom is 0.315 e. The van der Waals surface area contributed by atoms with Gasteiger partial charge in [-0.1, -0.05) is 18.9 Å². The van der Waals surface area contributed by atoms with Gasteiger partial charge in [0.05, 0.1) is 11.4 Å². The number of hydrogen-bond donors (Lipinski definition) is 1. The van der Waals surface area contributed by atoms with Crippen LogP contribution < -0.4 is 0 Å². The van der Waals surface area contributed by atoms with Gasteiger partial charge in [-0.15, -0.1) is 11.3 Å². The van der Waals surface area contributed by atoms with Crippen LogP contribution >= 0.6 is 11.3 Å². The third kappa shape index (κ3) is 2.04. The predicted octanol–water partition coefficient (Wildman–Crippen LogP) is 3.10. The second-order valence-electron chi connectivity index (χ2n) is 4.85. The van der Waals surface area contributed by atoms with Gasteiger partial charge in [0.15, 0.2) is 0 Å². The van der Waals surface area contributed by atoms with Crippen LogP contribution in [0.2, 0.25) is 0 Å². The first-order chi connectivity index (χ1) is 9.22. The van der Waals surface area contributed by atoms with Crippen LogP contribution in [0.4, 0.5) is 0 Å². The van der Waals surface area contributed by atoms with Crippen molar-refractivity contribution in [3.8, 4) is 10.7 Å². The topological polar surface area (TPSA) is 63.1 Å². The van der Waals surface area contributed by atoms with Gasteiger partial charge in [0.2, 0.25) is 0 Å². The van der Waals surface area contributed by atoms with Crippen molar-refractivity contribution in [2.24, 2.45) is 0 Å². The van der Waals surface area contributed by atoms with Gasteiger partial charge in [-0.05, 0) is 25.0 Å². The van der Waals surface area contributed by atoms with Crippen molar-refractivity contribution < 1.29 is 9.90 Å². The Hall–Kier alpha value is -1.75. The Morgan fingerprint density at radius 2 is 2.11 bits per heavy atom. The van der Waals surface area contributed by atoms with E-state index < -0.39 is 11.4 Å². The van der Waals surface area contributed by atoms with Crippen LogP contribution in [0, 0.1) is 0 Å². The average Bonchev–Trinajstić information content (AvgIpc) is 3.09. The molecule has 1 aliphatic rings. The second-order valence-corrected chi connectivity index (χ2v) is 5.71. The molecule has 0 bridgehead atoms. The van der Waals surface area contributed by atoms with E-state index in [2.05, 4.69) is 9.97 Å². The third-order valence-electron chi connectivity index (χ3n) is 3.74. The molecule has 1 fully saturated rings. The van der Waals surface area contributed by atoms with Gasteiger partial charge in [0.25, 0.3) is 0 Å². The molecule has 0 unspecified atom stereocenters. The number of pyridine rings is 1. The highest BCUT2D eigenvalue weighted by molar-refractivity contribution is 7.13. The van der Waals surface area contributed by atoms with Crippen molar-refractivity contribution >= 4 is 17.3 Å². The highest BCUT2D eigenvalue weighted by atomic mass is 32.1. The average molecular weight is 274 g/mol. The number of aromatic nitrogens is 2. The van der Waals surface area contributed by atoms with E-state index in [-0.39, 0.29) is 0 Å². The van der Waals surface area contributed by atoms with Crippen molar-refractivity contribution in [2.75, 3.05) is 0 Å². The molecular formula is C14H14N2O2S. The number of rotatable bonds is 3. The zero-order valence-corrected chi connectivity index (χ0v) is 11.2. The van der Waals surface area contributed by atoms with E-state index in [1.165, 1.54) is 11.3 Å². The van der Waals surface area contributed by atoms with E-state index >= 15 is 0 Å². The Kier molecular flexibility index (Phi) is 3.06. The molecule has 2 aromatic rings. The molecule has 2 aromatic heterocycles. The van der Waals surface area contributed by atoms with E-state index in [1.807, 2.05) is 23.6 Å². The van der Waals surface area contributed by atoms with Crippen molar-refractivity contribution in [1.82, 2.24) is 9.97 Å². The first-order valence-corrected chi connectivity index (χ1v) is 7.21. The molecule has 19 heavy (non-hydrogen) atoms. The smallest absolute Gasteiger partial charge is 0.315 e. The van der Waals surface area contributed by atoms with Crippen LogP contribution in [0.1, 0.15) is 31.4 Å². The molecule has 0 aromatic carbocycles. The van der Waals surface area contributed by atoms with Gasteiger partial charge < -0.3 is 5.11 Å². The fraction of sp³-hybridized carbons (Fsp3) is 0.357. The Morgan fingerprint density at radius 1 is 1.32 bits per heavy atom. The lowest BCUT2D eigenvalue weighted by atomic mass is 9.83. The number of carbonyl (C=O) groups is 1. The molecule has 5 heteroatoms. The molecule has 3 rings (SSSR count). The molecule has 0 saturated heterocycles. The van der Waals surface area contributed by atoms with Crippen LogP contribution in [-0.4, -0.2) is 21.0 Å². The van der Waals surface area contributed by atoms with Crippen molar-refractivity contribution in [1.29, 1.82) is 0 Å². The maximum atomic E-state index is 11.6. The van der Waals surface area contributed by atoms with Crippen molar-refractivity contribution in [3.05, 3.63) is 35.5 Å². The number of aliphatic carboxylic acids is 1. The summed E-state index contributed by atoms with van der Waals surface area (Å²) in [6, 6.07) is 5.66. The Balaban J connectivity index is 1.99. The van der Waals surface area contributed by atoms with Gasteiger partial charge in [0.1, 0.15) is 10.4 Å². The first kappa shape index (κ1) is 12.3. The zero-order valence-electron chi connectivity index (χ0n) is 10.4. The molecule has 0 spiro atoms. The SMILES string of the molecule is O=C(O)C1(c2csc(-c3ccccn3)n2)CCCC1. The summed E-state index contributed by atoms with van der Waals surface area (Å²) in [5.41, 5.74) is 0.726. The molecule has 4 nitrogen and oxygen atoms in total. The summed E-state index contributed by atoms with van der Waals surface area (Å²) in [5, 5.41) is 12.2. The van der Waals surface area contributed by atoms with Gasteiger partial charge in [-0.25, -0.2) is 4.98 Å². The van der Waals surface area contributed by atoms with E-state index in [0.717, 1.165) is 23.5 Å². The number of thiazole rings is 1. The molecule has 1 saturated carbocycles. The summed E-state index contributed by atoms with van der Waals surface area (Å²) < 4.78 is 0. The lowest BCUT2D eigenvalue weighted by Crippen LogP contribution is -2.32. The molecule has 1 N–H and O–H groups in total. The Labute approximate surface area is 115 Å². The highest BCUT2D eigenvalue weighted by Crippen LogP contribution is 2.42. The molecule has 0 radical (unpaired) electrons. The normalized spacial score (nSPS) is 17.5. The summed E-state index contributed by atoms with van der Waals surface area (Å²) in [4.78, 5) is 20.4. The van der Waals surface area contributed by atoms with Crippen LogP contribution in [-0.2, 0) is 10.2 Å². The van der Waals surface area contributed by atoms with E-state index in [9.17, 15) is 9.90 Å². The van der Waals surface area contributed by atoms with E-state index in [4.69, 9.17) is 0 Å². The second kappa shape index (κ2) is 4.74. The van der Waals surface area contributed by atoms with Crippen LogP contribution in [0.25, 0.3) is 10.7 Å². The minimum Gasteiger partial charge on any atom is -0.481 e. The lowest BCUT2D eigenvalue weighted by Gasteiger charge is -2.20. The maximum absolute atomic E-state index is 11.6. The Morgan fingerprint density at radius 3 is 2.74 bits per heavy atom. The minimum absolute atomic E-state index is 0.688. The number of carboxylic acid groups (broad SMARTS) is 1. The number of nitrogens with zero attached hydrogens (tertiary/aromatic N) is 2.